The van der Waals surface area contributed by atoms with Gasteiger partial charge in [-0.1, -0.05) is 36.4 Å². The summed E-state index contributed by atoms with van der Waals surface area (Å²) in [5.41, 5.74) is 2.12. The molecule has 1 aromatic carbocycles. The Morgan fingerprint density at radius 1 is 1.15 bits per heavy atom. The van der Waals surface area contributed by atoms with E-state index in [9.17, 15) is 4.79 Å². The van der Waals surface area contributed by atoms with Crippen LogP contribution in [-0.2, 0) is 11.2 Å². The van der Waals surface area contributed by atoms with Crippen molar-refractivity contribution in [1.29, 1.82) is 0 Å². The van der Waals surface area contributed by atoms with Crippen molar-refractivity contribution in [1.82, 2.24) is 19.4 Å². The molecule has 138 valence electrons. The molecule has 1 atom stereocenters. The van der Waals surface area contributed by atoms with E-state index in [0.717, 1.165) is 48.8 Å². The summed E-state index contributed by atoms with van der Waals surface area (Å²) < 4.78 is 1.99. The first kappa shape index (κ1) is 17.5. The van der Waals surface area contributed by atoms with Gasteiger partial charge in [0.1, 0.15) is 11.6 Å². The van der Waals surface area contributed by atoms with E-state index in [2.05, 4.69) is 11.1 Å². The Bertz CT molecular complexity index is 919. The predicted octanol–water partition coefficient (Wildman–Crippen LogP) is 3.52. The molecule has 0 aliphatic carbocycles. The minimum atomic E-state index is 0.201. The molecule has 3 heterocycles. The van der Waals surface area contributed by atoms with Crippen LogP contribution >= 0.6 is 0 Å². The number of amides is 1. The monoisotopic (exact) mass is 360 g/mol. The van der Waals surface area contributed by atoms with Gasteiger partial charge in [0.05, 0.1) is 6.42 Å². The molecule has 27 heavy (non-hydrogen) atoms. The molecular formula is C22H24N4O. The summed E-state index contributed by atoms with van der Waals surface area (Å²) in [5.74, 6) is 2.29. The van der Waals surface area contributed by atoms with Gasteiger partial charge in [-0.2, -0.15) is 0 Å². The highest BCUT2D eigenvalue weighted by Crippen LogP contribution is 2.27. The highest BCUT2D eigenvalue weighted by molar-refractivity contribution is 5.79. The molecule has 0 bridgehead atoms. The van der Waals surface area contributed by atoms with Crippen molar-refractivity contribution in [2.24, 2.45) is 0 Å². The third-order valence-electron chi connectivity index (χ3n) is 5.22. The van der Waals surface area contributed by atoms with Gasteiger partial charge >= 0.3 is 0 Å². The molecule has 0 unspecified atom stereocenters. The van der Waals surface area contributed by atoms with Crippen molar-refractivity contribution in [3.63, 3.8) is 0 Å². The summed E-state index contributed by atoms with van der Waals surface area (Å²) >= 11 is 0. The summed E-state index contributed by atoms with van der Waals surface area (Å²) in [6, 6.07) is 16.1. The van der Waals surface area contributed by atoms with Crippen LogP contribution in [0, 0.1) is 6.92 Å². The van der Waals surface area contributed by atoms with Gasteiger partial charge in [0.25, 0.3) is 0 Å². The summed E-state index contributed by atoms with van der Waals surface area (Å²) in [4.78, 5) is 23.9. The van der Waals surface area contributed by atoms with Crippen LogP contribution in [-0.4, -0.2) is 38.4 Å². The van der Waals surface area contributed by atoms with Crippen LogP contribution < -0.4 is 0 Å². The molecule has 1 amide bonds. The molecule has 5 nitrogen and oxygen atoms in total. The van der Waals surface area contributed by atoms with Crippen LogP contribution in [0.3, 0.4) is 0 Å². The Hall–Kier alpha value is -2.95. The Labute approximate surface area is 159 Å². The van der Waals surface area contributed by atoms with Gasteiger partial charge in [-0.25, -0.2) is 9.97 Å². The first-order chi connectivity index (χ1) is 13.2. The van der Waals surface area contributed by atoms with Gasteiger partial charge < -0.3 is 4.90 Å². The summed E-state index contributed by atoms with van der Waals surface area (Å²) in [5, 5.41) is 0. The zero-order valence-electron chi connectivity index (χ0n) is 15.6. The fourth-order valence-electron chi connectivity index (χ4n) is 3.75. The lowest BCUT2D eigenvalue weighted by Crippen LogP contribution is -2.40. The van der Waals surface area contributed by atoms with E-state index in [1.54, 1.807) is 6.20 Å². The van der Waals surface area contributed by atoms with Crippen molar-refractivity contribution in [3.05, 3.63) is 78.0 Å². The number of likely N-dealkylation sites (tertiary alicyclic amines) is 1. The first-order valence-electron chi connectivity index (χ1n) is 9.49. The van der Waals surface area contributed by atoms with Gasteiger partial charge in [-0.15, -0.1) is 0 Å². The van der Waals surface area contributed by atoms with Crippen LogP contribution in [0.2, 0.25) is 0 Å². The van der Waals surface area contributed by atoms with Crippen LogP contribution in [0.25, 0.3) is 5.82 Å². The third kappa shape index (κ3) is 3.92. The Balaban J connectivity index is 1.48. The molecule has 1 aliphatic rings. The van der Waals surface area contributed by atoms with Gasteiger partial charge in [-0.05, 0) is 37.5 Å². The van der Waals surface area contributed by atoms with E-state index in [0.29, 0.717) is 6.42 Å². The zero-order valence-corrected chi connectivity index (χ0v) is 15.6. The van der Waals surface area contributed by atoms with Crippen molar-refractivity contribution in [2.45, 2.75) is 32.1 Å². The first-order valence-corrected chi connectivity index (χ1v) is 9.49. The maximum Gasteiger partial charge on any atom is 0.227 e. The number of piperidine rings is 1. The number of hydrogen-bond donors (Lipinski definition) is 0. The highest BCUT2D eigenvalue weighted by atomic mass is 16.2. The Morgan fingerprint density at radius 3 is 2.78 bits per heavy atom. The average molecular weight is 360 g/mol. The number of pyridine rings is 1. The molecule has 1 saturated heterocycles. The fourth-order valence-corrected chi connectivity index (χ4v) is 3.75. The van der Waals surface area contributed by atoms with Crippen LogP contribution in [0.5, 0.6) is 0 Å². The topological polar surface area (TPSA) is 51.0 Å². The predicted molar refractivity (Wildman–Crippen MR) is 105 cm³/mol. The smallest absolute Gasteiger partial charge is 0.227 e. The molecular weight excluding hydrogens is 336 g/mol. The average Bonchev–Trinajstić information content (AvgIpc) is 3.15. The van der Waals surface area contributed by atoms with E-state index in [-0.39, 0.29) is 11.8 Å². The Morgan fingerprint density at radius 2 is 2.00 bits per heavy atom. The number of aryl methyl sites for hydroxylation is 1. The van der Waals surface area contributed by atoms with Gasteiger partial charge in [0.2, 0.25) is 5.91 Å². The number of nitrogens with zero attached hydrogens (tertiary/aromatic N) is 4. The quantitative estimate of drug-likeness (QED) is 0.715. The molecule has 0 saturated carbocycles. The lowest BCUT2D eigenvalue weighted by molar-refractivity contribution is -0.131. The van der Waals surface area contributed by atoms with Crippen molar-refractivity contribution < 1.29 is 4.79 Å². The molecule has 1 aliphatic heterocycles. The van der Waals surface area contributed by atoms with Crippen molar-refractivity contribution in [2.75, 3.05) is 13.1 Å². The number of hydrogen-bond acceptors (Lipinski definition) is 3. The normalized spacial score (nSPS) is 17.1. The maximum absolute atomic E-state index is 12.7. The number of carbonyl (C=O) groups is 1. The second-order valence-electron chi connectivity index (χ2n) is 7.11. The van der Waals surface area contributed by atoms with Crippen LogP contribution in [0.15, 0.2) is 60.9 Å². The largest absolute Gasteiger partial charge is 0.342 e. The van der Waals surface area contributed by atoms with E-state index in [1.165, 1.54) is 0 Å². The van der Waals surface area contributed by atoms with E-state index in [1.807, 2.05) is 65.1 Å². The second kappa shape index (κ2) is 7.74. The van der Waals surface area contributed by atoms with E-state index < -0.39 is 0 Å². The standard InChI is InChI=1S/C22H24N4O/c1-17-23-12-14-26(17)21-11-5-10-20(24-21)19-9-6-13-25(16-19)22(27)15-18-7-3-2-4-8-18/h2-5,7-8,10-12,14,19H,6,9,13,15-16H2,1H3/t19-/m1/s1. The molecule has 0 radical (unpaired) electrons. The van der Waals surface area contributed by atoms with E-state index >= 15 is 0 Å². The third-order valence-corrected chi connectivity index (χ3v) is 5.22. The Kier molecular flexibility index (Phi) is 5.01. The number of imidazole rings is 1. The summed E-state index contributed by atoms with van der Waals surface area (Å²) in [7, 11) is 0. The van der Waals surface area contributed by atoms with Crippen LogP contribution in [0.4, 0.5) is 0 Å². The van der Waals surface area contributed by atoms with E-state index in [4.69, 9.17) is 4.98 Å². The number of carbonyl (C=O) groups excluding carboxylic acids is 1. The van der Waals surface area contributed by atoms with Gasteiger partial charge in [0.15, 0.2) is 0 Å². The lowest BCUT2D eigenvalue weighted by Gasteiger charge is -2.32. The highest BCUT2D eigenvalue weighted by Gasteiger charge is 2.25. The van der Waals surface area contributed by atoms with Gasteiger partial charge in [0, 0.05) is 37.1 Å². The molecule has 1 fully saturated rings. The number of aromatic nitrogens is 3. The minimum Gasteiger partial charge on any atom is -0.342 e. The summed E-state index contributed by atoms with van der Waals surface area (Å²) in [6.45, 7) is 3.55. The maximum atomic E-state index is 12.7. The van der Waals surface area contributed by atoms with Crippen LogP contribution in [0.1, 0.15) is 35.8 Å². The second-order valence-corrected chi connectivity index (χ2v) is 7.11. The summed E-state index contributed by atoms with van der Waals surface area (Å²) in [6.07, 6.45) is 6.26. The van der Waals surface area contributed by atoms with Crippen molar-refractivity contribution >= 4 is 5.91 Å². The number of benzene rings is 1. The SMILES string of the molecule is Cc1nccn1-c1cccc([C@@H]2CCCN(C(=O)Cc3ccccc3)C2)n1. The molecule has 4 rings (SSSR count). The molecule has 0 N–H and O–H groups in total. The van der Waals surface area contributed by atoms with Crippen molar-refractivity contribution in [3.8, 4) is 5.82 Å². The zero-order chi connectivity index (χ0) is 18.6. The lowest BCUT2D eigenvalue weighted by atomic mass is 9.93. The molecule has 0 spiro atoms. The molecule has 2 aromatic heterocycles. The molecule has 5 heteroatoms. The van der Waals surface area contributed by atoms with Gasteiger partial charge in [-0.3, -0.25) is 9.36 Å². The minimum absolute atomic E-state index is 0.201. The fraction of sp³-hybridized carbons (Fsp3) is 0.318. The number of rotatable bonds is 4. The molecule has 3 aromatic rings.